The molecule has 0 rings (SSSR count). The lowest BCUT2D eigenvalue weighted by Gasteiger charge is -2.06. The van der Waals surface area contributed by atoms with Gasteiger partial charge in [0, 0.05) is 12.8 Å². The van der Waals surface area contributed by atoms with Crippen LogP contribution in [-0.2, 0) is 4.79 Å². The van der Waals surface area contributed by atoms with Crippen LogP contribution in [0.25, 0.3) is 0 Å². The summed E-state index contributed by atoms with van der Waals surface area (Å²) < 4.78 is 0. The van der Waals surface area contributed by atoms with E-state index in [-0.39, 0.29) is 11.9 Å². The van der Waals surface area contributed by atoms with Gasteiger partial charge in [-0.05, 0) is 25.7 Å². The first-order chi connectivity index (χ1) is 13.7. The highest BCUT2D eigenvalue weighted by atomic mass is 16.3. The van der Waals surface area contributed by atoms with E-state index in [1.54, 1.807) is 0 Å². The van der Waals surface area contributed by atoms with Crippen LogP contribution in [-0.4, -0.2) is 17.0 Å². The van der Waals surface area contributed by atoms with Gasteiger partial charge in [-0.25, -0.2) is 0 Å². The summed E-state index contributed by atoms with van der Waals surface area (Å²) in [5.41, 5.74) is 0. The number of aliphatic hydroxyl groups excluding tert-OH is 1. The Balaban J connectivity index is 3.20. The molecule has 0 radical (unpaired) electrons. The lowest BCUT2D eigenvalue weighted by molar-refractivity contribution is -0.119. The van der Waals surface area contributed by atoms with E-state index in [4.69, 9.17) is 0 Å². The first-order valence-electron chi connectivity index (χ1n) is 12.5. The Kier molecular flexibility index (Phi) is 22.1. The SMILES string of the molecule is CCCCCCCCCCCCCCCCCC=CCC(O)CCC(=O)CC. The first-order valence-corrected chi connectivity index (χ1v) is 12.5. The maximum atomic E-state index is 11.2. The molecule has 1 N–H and O–H groups in total. The monoisotopic (exact) mass is 394 g/mol. The lowest BCUT2D eigenvalue weighted by atomic mass is 10.0. The molecule has 0 amide bonds. The highest BCUT2D eigenvalue weighted by Crippen LogP contribution is 2.14. The molecule has 0 aliphatic carbocycles. The second-order valence-corrected chi connectivity index (χ2v) is 8.53. The van der Waals surface area contributed by atoms with Gasteiger partial charge in [0.1, 0.15) is 5.78 Å². The Morgan fingerprint density at radius 2 is 1.18 bits per heavy atom. The molecule has 166 valence electrons. The number of ketones is 1. The molecular weight excluding hydrogens is 344 g/mol. The second kappa shape index (κ2) is 22.7. The number of Topliss-reactive ketones (excluding diaryl/α,β-unsaturated/α-hetero) is 1. The maximum absolute atomic E-state index is 11.2. The van der Waals surface area contributed by atoms with Crippen LogP contribution in [0.3, 0.4) is 0 Å². The Morgan fingerprint density at radius 1 is 0.714 bits per heavy atom. The van der Waals surface area contributed by atoms with Crippen LogP contribution in [0.1, 0.15) is 142 Å². The van der Waals surface area contributed by atoms with Crippen LogP contribution >= 0.6 is 0 Å². The third kappa shape index (κ3) is 21.7. The predicted molar refractivity (Wildman–Crippen MR) is 124 cm³/mol. The van der Waals surface area contributed by atoms with E-state index in [1.807, 2.05) is 6.92 Å². The van der Waals surface area contributed by atoms with Gasteiger partial charge in [0.25, 0.3) is 0 Å². The molecule has 28 heavy (non-hydrogen) atoms. The number of carbonyl (C=O) groups is 1. The molecule has 0 spiro atoms. The molecule has 0 aromatic carbocycles. The van der Waals surface area contributed by atoms with Crippen LogP contribution < -0.4 is 0 Å². The molecular formula is C26H50O2. The summed E-state index contributed by atoms with van der Waals surface area (Å²) in [6, 6.07) is 0. The molecule has 2 nitrogen and oxygen atoms in total. The van der Waals surface area contributed by atoms with Crippen molar-refractivity contribution in [3.8, 4) is 0 Å². The first kappa shape index (κ1) is 27.4. The van der Waals surface area contributed by atoms with Gasteiger partial charge in [0.15, 0.2) is 0 Å². The molecule has 0 aromatic heterocycles. The van der Waals surface area contributed by atoms with E-state index in [0.29, 0.717) is 25.7 Å². The summed E-state index contributed by atoms with van der Waals surface area (Å²) in [5.74, 6) is 0.251. The van der Waals surface area contributed by atoms with Crippen molar-refractivity contribution >= 4 is 5.78 Å². The number of aliphatic hydroxyl groups is 1. The zero-order valence-corrected chi connectivity index (χ0v) is 19.2. The second-order valence-electron chi connectivity index (χ2n) is 8.53. The van der Waals surface area contributed by atoms with Gasteiger partial charge in [-0.1, -0.05) is 116 Å². The van der Waals surface area contributed by atoms with Crippen molar-refractivity contribution in [1.29, 1.82) is 0 Å². The minimum absolute atomic E-state index is 0.251. The van der Waals surface area contributed by atoms with Crippen molar-refractivity contribution in [1.82, 2.24) is 0 Å². The zero-order chi connectivity index (χ0) is 20.7. The molecule has 0 saturated carbocycles. The Bertz CT molecular complexity index is 348. The number of hydrogen-bond acceptors (Lipinski definition) is 2. The molecule has 0 aromatic rings. The van der Waals surface area contributed by atoms with Crippen LogP contribution in [0.15, 0.2) is 12.2 Å². The molecule has 2 heteroatoms. The highest BCUT2D eigenvalue weighted by molar-refractivity contribution is 5.77. The molecule has 1 atom stereocenters. The predicted octanol–water partition coefficient (Wildman–Crippen LogP) is 8.31. The summed E-state index contributed by atoms with van der Waals surface area (Å²) in [6.07, 6.45) is 28.5. The summed E-state index contributed by atoms with van der Waals surface area (Å²) in [6.45, 7) is 4.16. The summed E-state index contributed by atoms with van der Waals surface area (Å²) in [7, 11) is 0. The summed E-state index contributed by atoms with van der Waals surface area (Å²) in [5, 5.41) is 9.83. The van der Waals surface area contributed by atoms with Gasteiger partial charge in [-0.15, -0.1) is 0 Å². The van der Waals surface area contributed by atoms with Gasteiger partial charge in [-0.2, -0.15) is 0 Å². The van der Waals surface area contributed by atoms with Crippen LogP contribution in [0.5, 0.6) is 0 Å². The normalized spacial score (nSPS) is 12.7. The fourth-order valence-electron chi connectivity index (χ4n) is 3.63. The van der Waals surface area contributed by atoms with E-state index in [0.717, 1.165) is 6.42 Å². The number of unbranched alkanes of at least 4 members (excludes halogenated alkanes) is 15. The fourth-order valence-corrected chi connectivity index (χ4v) is 3.63. The largest absolute Gasteiger partial charge is 0.393 e. The molecule has 0 aliphatic rings. The quantitative estimate of drug-likeness (QED) is 0.148. The highest BCUT2D eigenvalue weighted by Gasteiger charge is 2.05. The van der Waals surface area contributed by atoms with Crippen LogP contribution in [0, 0.1) is 0 Å². The van der Waals surface area contributed by atoms with Crippen molar-refractivity contribution in [2.24, 2.45) is 0 Å². The van der Waals surface area contributed by atoms with E-state index in [1.165, 1.54) is 96.3 Å². The molecule has 0 bridgehead atoms. The average Bonchev–Trinajstić information content (AvgIpc) is 2.71. The zero-order valence-electron chi connectivity index (χ0n) is 19.2. The maximum Gasteiger partial charge on any atom is 0.132 e. The minimum Gasteiger partial charge on any atom is -0.393 e. The molecule has 0 fully saturated rings. The Labute approximate surface area is 176 Å². The lowest BCUT2D eigenvalue weighted by Crippen LogP contribution is -2.08. The molecule has 1 unspecified atom stereocenters. The number of rotatable bonds is 22. The van der Waals surface area contributed by atoms with Crippen molar-refractivity contribution in [3.63, 3.8) is 0 Å². The van der Waals surface area contributed by atoms with Gasteiger partial charge >= 0.3 is 0 Å². The third-order valence-electron chi connectivity index (χ3n) is 5.70. The molecule has 0 aliphatic heterocycles. The van der Waals surface area contributed by atoms with Crippen molar-refractivity contribution in [2.45, 2.75) is 148 Å². The smallest absolute Gasteiger partial charge is 0.132 e. The topological polar surface area (TPSA) is 37.3 Å². The Hall–Kier alpha value is -0.630. The van der Waals surface area contributed by atoms with Crippen LogP contribution in [0.4, 0.5) is 0 Å². The van der Waals surface area contributed by atoms with Gasteiger partial charge in [0.2, 0.25) is 0 Å². The van der Waals surface area contributed by atoms with E-state index >= 15 is 0 Å². The van der Waals surface area contributed by atoms with E-state index < -0.39 is 0 Å². The van der Waals surface area contributed by atoms with Gasteiger partial charge in [-0.3, -0.25) is 4.79 Å². The number of allylic oxidation sites excluding steroid dienone is 1. The van der Waals surface area contributed by atoms with Gasteiger partial charge < -0.3 is 5.11 Å². The molecule has 0 heterocycles. The Morgan fingerprint density at radius 3 is 1.64 bits per heavy atom. The van der Waals surface area contributed by atoms with Crippen molar-refractivity contribution in [2.75, 3.05) is 0 Å². The van der Waals surface area contributed by atoms with Crippen LogP contribution in [0.2, 0.25) is 0 Å². The average molecular weight is 395 g/mol. The van der Waals surface area contributed by atoms with E-state index in [2.05, 4.69) is 19.1 Å². The minimum atomic E-state index is -0.354. The van der Waals surface area contributed by atoms with E-state index in [9.17, 15) is 9.90 Å². The molecule has 0 saturated heterocycles. The summed E-state index contributed by atoms with van der Waals surface area (Å²) >= 11 is 0. The standard InChI is InChI=1S/C26H50O2/c1-3-5-6-7-8-9-10-11-12-13-14-15-16-17-18-19-20-21-22-26(28)24-23-25(27)4-2/h20-21,26,28H,3-19,22-24H2,1-2H3. The van der Waals surface area contributed by atoms with Crippen molar-refractivity contribution < 1.29 is 9.90 Å². The van der Waals surface area contributed by atoms with Crippen molar-refractivity contribution in [3.05, 3.63) is 12.2 Å². The number of carbonyl (C=O) groups excluding carboxylic acids is 1. The number of hydrogen-bond donors (Lipinski definition) is 1. The van der Waals surface area contributed by atoms with Gasteiger partial charge in [0.05, 0.1) is 6.10 Å². The summed E-state index contributed by atoms with van der Waals surface area (Å²) in [4.78, 5) is 11.2. The third-order valence-corrected chi connectivity index (χ3v) is 5.70. The fraction of sp³-hybridized carbons (Fsp3) is 0.885.